The Bertz CT molecular complexity index is 187. The summed E-state index contributed by atoms with van der Waals surface area (Å²) in [4.78, 5) is 14.8. The van der Waals surface area contributed by atoms with Crippen LogP contribution in [0.4, 0.5) is 0 Å². The predicted octanol–water partition coefficient (Wildman–Crippen LogP) is 1.37. The molecule has 1 N–H and O–H groups in total. The Hall–Kier alpha value is -1.19. The molecule has 0 aromatic heterocycles. The molecule has 0 unspecified atom stereocenters. The van der Waals surface area contributed by atoms with Gasteiger partial charge in [0.05, 0.1) is 0 Å². The first kappa shape index (κ1) is 11.8. The van der Waals surface area contributed by atoms with Crippen molar-refractivity contribution in [3.63, 3.8) is 0 Å². The third kappa shape index (κ3) is 8.72. The molecule has 0 bridgehead atoms. The van der Waals surface area contributed by atoms with Crippen LogP contribution in [-0.2, 0) is 4.79 Å². The summed E-state index contributed by atoms with van der Waals surface area (Å²) in [5, 5.41) is 3.73. The highest BCUT2D eigenvalue weighted by atomic mass is 16.2. The van der Waals surface area contributed by atoms with Crippen LogP contribution in [0.1, 0.15) is 32.6 Å². The summed E-state index contributed by atoms with van der Waals surface area (Å²) >= 11 is 0. The second-order valence-electron chi connectivity index (χ2n) is 2.59. The smallest absolute Gasteiger partial charge is 0.240 e. The Balaban J connectivity index is 3.35. The van der Waals surface area contributed by atoms with E-state index in [2.05, 4.69) is 15.5 Å². The Morgan fingerprint density at radius 2 is 2.23 bits per heavy atom. The molecule has 0 atom stereocenters. The van der Waals surface area contributed by atoms with Crippen molar-refractivity contribution in [3.8, 4) is 0 Å². The zero-order valence-electron chi connectivity index (χ0n) is 8.29. The molecule has 0 rings (SSSR count). The summed E-state index contributed by atoms with van der Waals surface area (Å²) in [5.74, 6) is -0.0331. The number of hydrogen-bond acceptors (Lipinski definition) is 3. The quantitative estimate of drug-likeness (QED) is 0.377. The molecule has 0 aromatic rings. The van der Waals surface area contributed by atoms with Crippen LogP contribution in [0.2, 0.25) is 0 Å². The van der Waals surface area contributed by atoms with E-state index >= 15 is 0 Å². The van der Waals surface area contributed by atoms with Gasteiger partial charge in [-0.1, -0.05) is 6.92 Å². The van der Waals surface area contributed by atoms with Crippen molar-refractivity contribution in [2.24, 2.45) is 10.1 Å². The number of rotatable bonds is 6. The number of carbonyl (C=O) groups excluding carboxylic acids is 1. The highest BCUT2D eigenvalue weighted by molar-refractivity contribution is 5.76. The van der Waals surface area contributed by atoms with E-state index in [1.807, 2.05) is 13.1 Å². The molecule has 4 nitrogen and oxygen atoms in total. The third-order valence-corrected chi connectivity index (χ3v) is 1.38. The van der Waals surface area contributed by atoms with Crippen LogP contribution in [0, 0.1) is 0 Å². The van der Waals surface area contributed by atoms with Crippen LogP contribution in [0.5, 0.6) is 0 Å². The molecule has 0 radical (unpaired) electrons. The molecule has 0 heterocycles. The van der Waals surface area contributed by atoms with Crippen molar-refractivity contribution in [1.82, 2.24) is 5.43 Å². The Labute approximate surface area is 79.1 Å². The molecule has 0 aliphatic heterocycles. The minimum absolute atomic E-state index is 0.0331. The molecule has 0 saturated heterocycles. The molecule has 13 heavy (non-hydrogen) atoms. The van der Waals surface area contributed by atoms with Gasteiger partial charge in [-0.25, -0.2) is 5.43 Å². The van der Waals surface area contributed by atoms with Crippen molar-refractivity contribution in [3.05, 3.63) is 0 Å². The van der Waals surface area contributed by atoms with E-state index in [0.717, 1.165) is 19.3 Å². The average molecular weight is 183 g/mol. The Morgan fingerprint density at radius 3 is 2.85 bits per heavy atom. The van der Waals surface area contributed by atoms with E-state index in [4.69, 9.17) is 0 Å². The minimum Gasteiger partial charge on any atom is -0.301 e. The number of hydrogen-bond donors (Lipinski definition) is 1. The van der Waals surface area contributed by atoms with Gasteiger partial charge in [0.2, 0.25) is 5.91 Å². The van der Waals surface area contributed by atoms with Crippen LogP contribution >= 0.6 is 0 Å². The van der Waals surface area contributed by atoms with E-state index < -0.39 is 0 Å². The lowest BCUT2D eigenvalue weighted by Gasteiger charge is -1.96. The second kappa shape index (κ2) is 8.90. The maximum atomic E-state index is 11.0. The lowest BCUT2D eigenvalue weighted by atomic mass is 10.2. The summed E-state index contributed by atoms with van der Waals surface area (Å²) < 4.78 is 0. The predicted molar refractivity (Wildman–Crippen MR) is 55.2 cm³/mol. The van der Waals surface area contributed by atoms with Crippen LogP contribution in [0.25, 0.3) is 0 Å². The van der Waals surface area contributed by atoms with Gasteiger partial charge < -0.3 is 4.99 Å². The number of nitrogens with one attached hydrogen (secondary N) is 1. The number of hydrazone groups is 1. The monoisotopic (exact) mass is 183 g/mol. The van der Waals surface area contributed by atoms with Gasteiger partial charge in [-0.05, 0) is 25.5 Å². The van der Waals surface area contributed by atoms with Gasteiger partial charge in [0.25, 0.3) is 0 Å². The fourth-order valence-corrected chi connectivity index (χ4v) is 0.748. The fraction of sp³-hybridized carbons (Fsp3) is 0.667. The fourth-order valence-electron chi connectivity index (χ4n) is 0.748. The molecule has 74 valence electrons. The number of nitrogens with zero attached hydrogens (tertiary/aromatic N) is 2. The highest BCUT2D eigenvalue weighted by Crippen LogP contribution is 1.92. The first-order chi connectivity index (χ1) is 6.31. The maximum absolute atomic E-state index is 11.0. The summed E-state index contributed by atoms with van der Waals surface area (Å²) in [7, 11) is 1.73. The van der Waals surface area contributed by atoms with Crippen LogP contribution < -0.4 is 5.43 Å². The summed E-state index contributed by atoms with van der Waals surface area (Å²) in [6, 6.07) is 0. The second-order valence-corrected chi connectivity index (χ2v) is 2.59. The Morgan fingerprint density at radius 1 is 1.46 bits per heavy atom. The van der Waals surface area contributed by atoms with Gasteiger partial charge in [-0.15, -0.1) is 0 Å². The molecule has 4 heteroatoms. The van der Waals surface area contributed by atoms with E-state index in [1.165, 1.54) is 0 Å². The van der Waals surface area contributed by atoms with Gasteiger partial charge in [0.1, 0.15) is 0 Å². The minimum atomic E-state index is -0.0331. The van der Waals surface area contributed by atoms with E-state index in [-0.39, 0.29) is 5.91 Å². The summed E-state index contributed by atoms with van der Waals surface area (Å²) in [6.45, 7) is 1.97. The Kier molecular flexibility index (Phi) is 8.09. The van der Waals surface area contributed by atoms with Crippen molar-refractivity contribution in [2.75, 3.05) is 7.05 Å². The van der Waals surface area contributed by atoms with Gasteiger partial charge in [0, 0.05) is 19.7 Å². The molecule has 0 aliphatic carbocycles. The summed E-state index contributed by atoms with van der Waals surface area (Å²) in [6.07, 6.45) is 6.50. The van der Waals surface area contributed by atoms with Crippen LogP contribution in [-0.4, -0.2) is 25.4 Å². The molecule has 0 aliphatic rings. The zero-order valence-corrected chi connectivity index (χ0v) is 8.29. The molecule has 0 saturated carbocycles. The average Bonchev–Trinajstić information content (AvgIpc) is 2.13. The van der Waals surface area contributed by atoms with Crippen molar-refractivity contribution >= 4 is 18.3 Å². The van der Waals surface area contributed by atoms with E-state index in [9.17, 15) is 4.79 Å². The first-order valence-corrected chi connectivity index (χ1v) is 4.52. The summed E-state index contributed by atoms with van der Waals surface area (Å²) in [5.41, 5.74) is 2.45. The molecule has 0 spiro atoms. The van der Waals surface area contributed by atoms with Gasteiger partial charge in [-0.3, -0.25) is 4.79 Å². The molecule has 0 fully saturated rings. The number of carbonyl (C=O) groups is 1. The molecule has 0 aromatic carbocycles. The number of aliphatic imine (C=N–C) groups is 1. The molecular weight excluding hydrogens is 166 g/mol. The zero-order chi connectivity index (χ0) is 9.94. The topological polar surface area (TPSA) is 53.8 Å². The third-order valence-electron chi connectivity index (χ3n) is 1.38. The SMILES string of the molecule is CCC=NNC(=O)CCCC=NC. The number of amides is 1. The number of unbranched alkanes of at least 4 members (excludes halogenated alkanes) is 1. The van der Waals surface area contributed by atoms with Crippen molar-refractivity contribution in [2.45, 2.75) is 32.6 Å². The van der Waals surface area contributed by atoms with Gasteiger partial charge in [0.15, 0.2) is 0 Å². The molecule has 1 amide bonds. The van der Waals surface area contributed by atoms with Crippen molar-refractivity contribution in [1.29, 1.82) is 0 Å². The largest absolute Gasteiger partial charge is 0.301 e. The van der Waals surface area contributed by atoms with Crippen LogP contribution in [0.3, 0.4) is 0 Å². The first-order valence-electron chi connectivity index (χ1n) is 4.52. The van der Waals surface area contributed by atoms with Crippen LogP contribution in [0.15, 0.2) is 10.1 Å². The lowest BCUT2D eigenvalue weighted by molar-refractivity contribution is -0.121. The standard InChI is InChI=1S/C9H17N3O/c1-3-7-11-12-9(13)6-4-5-8-10-2/h7-8H,3-6H2,1-2H3,(H,12,13). The van der Waals surface area contributed by atoms with Crippen molar-refractivity contribution < 1.29 is 4.79 Å². The van der Waals surface area contributed by atoms with Gasteiger partial charge in [-0.2, -0.15) is 5.10 Å². The van der Waals surface area contributed by atoms with E-state index in [0.29, 0.717) is 6.42 Å². The lowest BCUT2D eigenvalue weighted by Crippen LogP contribution is -2.16. The van der Waals surface area contributed by atoms with Gasteiger partial charge >= 0.3 is 0 Å². The highest BCUT2D eigenvalue weighted by Gasteiger charge is 1.96. The van der Waals surface area contributed by atoms with E-state index in [1.54, 1.807) is 13.3 Å². The normalized spacial score (nSPS) is 11.2. The maximum Gasteiger partial charge on any atom is 0.240 e. The molecular formula is C9H17N3O.